The van der Waals surface area contributed by atoms with E-state index in [4.69, 9.17) is 16.3 Å². The predicted molar refractivity (Wildman–Crippen MR) is 110 cm³/mol. The number of rotatable bonds is 4. The molecule has 8 heteroatoms. The first-order valence-electron chi connectivity index (χ1n) is 8.90. The molecule has 0 unspecified atom stereocenters. The standard InChI is InChI=1S/C20H17ClN6O/c1-28-18-8-12-5-6-22-15(12)9-16(18)25-20-23-11-14(21)19(26-20)13-10-24-27-7-3-2-4-17(13)27/h2-4,7-11,22H,5-6H2,1H3,(H,23,25,26). The molecular weight excluding hydrogens is 376 g/mol. The molecule has 0 saturated carbocycles. The third kappa shape index (κ3) is 2.80. The van der Waals surface area contributed by atoms with Gasteiger partial charge in [0.05, 0.1) is 41.4 Å². The van der Waals surface area contributed by atoms with E-state index in [0.717, 1.165) is 41.2 Å². The Balaban J connectivity index is 1.55. The predicted octanol–water partition coefficient (Wildman–Crippen LogP) is 4.16. The van der Waals surface area contributed by atoms with E-state index in [9.17, 15) is 0 Å². The second kappa shape index (κ2) is 6.69. The Morgan fingerprint density at radius 3 is 3.07 bits per heavy atom. The Morgan fingerprint density at radius 1 is 1.25 bits per heavy atom. The van der Waals surface area contributed by atoms with Crippen LogP contribution in [0.25, 0.3) is 16.8 Å². The van der Waals surface area contributed by atoms with Gasteiger partial charge in [-0.1, -0.05) is 17.7 Å². The lowest BCUT2D eigenvalue weighted by Crippen LogP contribution is -2.01. The molecule has 4 aromatic rings. The second-order valence-corrected chi connectivity index (χ2v) is 6.90. The van der Waals surface area contributed by atoms with Crippen molar-refractivity contribution in [3.05, 3.63) is 59.5 Å². The van der Waals surface area contributed by atoms with Crippen LogP contribution in [-0.4, -0.2) is 33.2 Å². The minimum Gasteiger partial charge on any atom is -0.495 e. The van der Waals surface area contributed by atoms with Crippen LogP contribution in [0.1, 0.15) is 5.56 Å². The average molecular weight is 393 g/mol. The zero-order valence-corrected chi connectivity index (χ0v) is 15.9. The summed E-state index contributed by atoms with van der Waals surface area (Å²) >= 11 is 6.40. The highest BCUT2D eigenvalue weighted by Gasteiger charge is 2.17. The fourth-order valence-electron chi connectivity index (χ4n) is 3.45. The molecule has 0 fully saturated rings. The second-order valence-electron chi connectivity index (χ2n) is 6.49. The van der Waals surface area contributed by atoms with Crippen molar-refractivity contribution < 1.29 is 4.74 Å². The number of nitrogens with zero attached hydrogens (tertiary/aromatic N) is 4. The van der Waals surface area contributed by atoms with E-state index < -0.39 is 0 Å². The van der Waals surface area contributed by atoms with Gasteiger partial charge in [-0.2, -0.15) is 5.10 Å². The van der Waals surface area contributed by atoms with Gasteiger partial charge in [-0.25, -0.2) is 14.5 Å². The van der Waals surface area contributed by atoms with Crippen molar-refractivity contribution in [3.8, 4) is 17.0 Å². The summed E-state index contributed by atoms with van der Waals surface area (Å²) in [5.41, 5.74) is 5.53. The highest BCUT2D eigenvalue weighted by atomic mass is 35.5. The van der Waals surface area contributed by atoms with Crippen LogP contribution < -0.4 is 15.4 Å². The molecule has 0 saturated heterocycles. The van der Waals surface area contributed by atoms with Gasteiger partial charge in [0, 0.05) is 24.0 Å². The first-order valence-corrected chi connectivity index (χ1v) is 9.28. The van der Waals surface area contributed by atoms with Gasteiger partial charge in [0.2, 0.25) is 5.95 Å². The number of nitrogens with one attached hydrogen (secondary N) is 2. The van der Waals surface area contributed by atoms with Crippen LogP contribution in [0.2, 0.25) is 5.02 Å². The topological polar surface area (TPSA) is 76.4 Å². The van der Waals surface area contributed by atoms with Gasteiger partial charge < -0.3 is 15.4 Å². The van der Waals surface area contributed by atoms with Gasteiger partial charge in [-0.05, 0) is 36.2 Å². The van der Waals surface area contributed by atoms with Crippen LogP contribution in [0, 0.1) is 0 Å². The number of benzene rings is 1. The average Bonchev–Trinajstić information content (AvgIpc) is 3.35. The van der Waals surface area contributed by atoms with Crippen molar-refractivity contribution in [2.45, 2.75) is 6.42 Å². The molecule has 7 nitrogen and oxygen atoms in total. The lowest BCUT2D eigenvalue weighted by molar-refractivity contribution is 0.416. The van der Waals surface area contributed by atoms with Crippen molar-refractivity contribution in [1.82, 2.24) is 19.6 Å². The fourth-order valence-corrected chi connectivity index (χ4v) is 3.64. The maximum Gasteiger partial charge on any atom is 0.227 e. The summed E-state index contributed by atoms with van der Waals surface area (Å²) in [4.78, 5) is 8.98. The quantitative estimate of drug-likeness (QED) is 0.543. The van der Waals surface area contributed by atoms with Crippen molar-refractivity contribution >= 4 is 34.4 Å². The summed E-state index contributed by atoms with van der Waals surface area (Å²) in [5.74, 6) is 1.18. The van der Waals surface area contributed by atoms with E-state index >= 15 is 0 Å². The van der Waals surface area contributed by atoms with Crippen LogP contribution in [0.15, 0.2) is 48.9 Å². The largest absolute Gasteiger partial charge is 0.495 e. The van der Waals surface area contributed by atoms with E-state index in [2.05, 4.69) is 25.7 Å². The highest BCUT2D eigenvalue weighted by Crippen LogP contribution is 2.36. The summed E-state index contributed by atoms with van der Waals surface area (Å²) < 4.78 is 7.33. The first-order chi connectivity index (χ1) is 13.7. The molecular formula is C20H17ClN6O. The molecule has 4 heterocycles. The third-order valence-corrected chi connectivity index (χ3v) is 5.08. The zero-order chi connectivity index (χ0) is 19.1. The van der Waals surface area contributed by atoms with Crippen molar-refractivity contribution in [1.29, 1.82) is 0 Å². The molecule has 5 rings (SSSR count). The van der Waals surface area contributed by atoms with Gasteiger partial charge in [0.15, 0.2) is 0 Å². The van der Waals surface area contributed by atoms with Crippen LogP contribution >= 0.6 is 11.6 Å². The summed E-state index contributed by atoms with van der Waals surface area (Å²) in [6, 6.07) is 9.92. The highest BCUT2D eigenvalue weighted by molar-refractivity contribution is 6.33. The Labute approximate surface area is 166 Å². The summed E-state index contributed by atoms with van der Waals surface area (Å²) in [5, 5.41) is 11.5. The molecule has 0 spiro atoms. The Kier molecular flexibility index (Phi) is 4.02. The number of anilines is 3. The molecule has 3 aromatic heterocycles. The zero-order valence-electron chi connectivity index (χ0n) is 15.1. The van der Waals surface area contributed by atoms with Crippen LogP contribution in [-0.2, 0) is 6.42 Å². The molecule has 1 aliphatic rings. The van der Waals surface area contributed by atoms with Crippen molar-refractivity contribution in [2.24, 2.45) is 0 Å². The molecule has 0 atom stereocenters. The Bertz CT molecular complexity index is 1190. The van der Waals surface area contributed by atoms with Crippen molar-refractivity contribution in [3.63, 3.8) is 0 Å². The van der Waals surface area contributed by atoms with E-state index in [1.165, 1.54) is 5.56 Å². The van der Waals surface area contributed by atoms with Gasteiger partial charge in [-0.15, -0.1) is 0 Å². The molecule has 140 valence electrons. The molecule has 28 heavy (non-hydrogen) atoms. The minimum absolute atomic E-state index is 0.436. The number of fused-ring (bicyclic) bond motifs is 2. The molecule has 0 bridgehead atoms. The van der Waals surface area contributed by atoms with E-state index in [-0.39, 0.29) is 0 Å². The monoisotopic (exact) mass is 392 g/mol. The fraction of sp³-hybridized carbons (Fsp3) is 0.150. The molecule has 1 aliphatic heterocycles. The molecule has 0 aliphatic carbocycles. The normalized spacial score (nSPS) is 12.6. The van der Waals surface area contributed by atoms with Gasteiger partial charge >= 0.3 is 0 Å². The SMILES string of the molecule is COc1cc2c(cc1Nc1ncc(Cl)c(-c3cnn4ccccc34)n1)NCC2. The van der Waals surface area contributed by atoms with E-state index in [1.54, 1.807) is 24.0 Å². The Hall–Kier alpha value is -3.32. The summed E-state index contributed by atoms with van der Waals surface area (Å²) in [7, 11) is 1.66. The molecule has 0 radical (unpaired) electrons. The van der Waals surface area contributed by atoms with E-state index in [0.29, 0.717) is 16.7 Å². The van der Waals surface area contributed by atoms with Gasteiger partial charge in [0.1, 0.15) is 5.75 Å². The summed E-state index contributed by atoms with van der Waals surface area (Å²) in [6.45, 7) is 0.929. The van der Waals surface area contributed by atoms with Gasteiger partial charge in [-0.3, -0.25) is 0 Å². The number of hydrogen-bond donors (Lipinski definition) is 2. The first kappa shape index (κ1) is 16.8. The maximum atomic E-state index is 6.40. The number of pyridine rings is 1. The number of halogens is 1. The lowest BCUT2D eigenvalue weighted by Gasteiger charge is -2.13. The number of methoxy groups -OCH3 is 1. The van der Waals surface area contributed by atoms with Crippen LogP contribution in [0.5, 0.6) is 5.75 Å². The van der Waals surface area contributed by atoms with E-state index in [1.807, 2.05) is 36.5 Å². The number of hydrogen-bond acceptors (Lipinski definition) is 6. The number of aromatic nitrogens is 4. The Morgan fingerprint density at radius 2 is 2.18 bits per heavy atom. The molecule has 1 aromatic carbocycles. The summed E-state index contributed by atoms with van der Waals surface area (Å²) in [6.07, 6.45) is 6.22. The molecule has 0 amide bonds. The number of ether oxygens (including phenoxy) is 1. The van der Waals surface area contributed by atoms with Crippen LogP contribution in [0.4, 0.5) is 17.3 Å². The lowest BCUT2D eigenvalue weighted by atomic mass is 10.1. The maximum absolute atomic E-state index is 6.40. The van der Waals surface area contributed by atoms with Crippen molar-refractivity contribution in [2.75, 3.05) is 24.3 Å². The molecule has 2 N–H and O–H groups in total. The smallest absolute Gasteiger partial charge is 0.227 e. The third-order valence-electron chi connectivity index (χ3n) is 4.81. The van der Waals surface area contributed by atoms with Crippen LogP contribution in [0.3, 0.4) is 0 Å². The minimum atomic E-state index is 0.436. The van der Waals surface area contributed by atoms with Gasteiger partial charge in [0.25, 0.3) is 0 Å².